The molecule has 0 aromatic heterocycles. The molecule has 2 unspecified atom stereocenters. The third-order valence-electron chi connectivity index (χ3n) is 3.66. The summed E-state index contributed by atoms with van der Waals surface area (Å²) in [5.41, 5.74) is 0. The fourth-order valence-electron chi connectivity index (χ4n) is 2.61. The SMILES string of the molecule is CN1C(=O)CN(CC2CCCO2)CC1CC(=O)O. The van der Waals surface area contributed by atoms with E-state index in [4.69, 9.17) is 9.84 Å². The maximum Gasteiger partial charge on any atom is 0.305 e. The van der Waals surface area contributed by atoms with Gasteiger partial charge in [0.1, 0.15) is 0 Å². The predicted octanol–water partition coefficient (Wildman–Crippen LogP) is -0.217. The average molecular weight is 256 g/mol. The first-order chi connectivity index (χ1) is 8.56. The Morgan fingerprint density at radius 1 is 1.56 bits per heavy atom. The number of carboxylic acids is 1. The molecule has 1 N–H and O–H groups in total. The molecule has 2 fully saturated rings. The normalized spacial score (nSPS) is 29.8. The van der Waals surface area contributed by atoms with Crippen LogP contribution in [-0.2, 0) is 14.3 Å². The molecule has 6 heteroatoms. The number of rotatable bonds is 4. The molecule has 0 spiro atoms. The zero-order valence-corrected chi connectivity index (χ0v) is 10.7. The summed E-state index contributed by atoms with van der Waals surface area (Å²) < 4.78 is 5.55. The first-order valence-corrected chi connectivity index (χ1v) is 6.37. The summed E-state index contributed by atoms with van der Waals surface area (Å²) in [6.45, 7) is 2.52. The second-order valence-electron chi connectivity index (χ2n) is 5.09. The van der Waals surface area contributed by atoms with E-state index in [2.05, 4.69) is 0 Å². The van der Waals surface area contributed by atoms with Crippen LogP contribution in [0.2, 0.25) is 0 Å². The van der Waals surface area contributed by atoms with Gasteiger partial charge in [-0.05, 0) is 12.8 Å². The molecule has 0 aromatic rings. The lowest BCUT2D eigenvalue weighted by Gasteiger charge is -2.39. The summed E-state index contributed by atoms with van der Waals surface area (Å²) in [5.74, 6) is -0.871. The minimum absolute atomic E-state index is 0.00423. The van der Waals surface area contributed by atoms with Crippen molar-refractivity contribution in [2.24, 2.45) is 0 Å². The molecule has 102 valence electrons. The maximum absolute atomic E-state index is 11.8. The molecule has 0 radical (unpaired) electrons. The fraction of sp³-hybridized carbons (Fsp3) is 0.833. The Labute approximate surface area is 106 Å². The van der Waals surface area contributed by atoms with E-state index in [-0.39, 0.29) is 24.5 Å². The van der Waals surface area contributed by atoms with Crippen LogP contribution in [0.5, 0.6) is 0 Å². The molecular formula is C12H20N2O4. The number of nitrogens with zero attached hydrogens (tertiary/aromatic N) is 2. The number of hydrogen-bond acceptors (Lipinski definition) is 4. The van der Waals surface area contributed by atoms with Crippen LogP contribution in [0.4, 0.5) is 0 Å². The topological polar surface area (TPSA) is 70.1 Å². The molecule has 0 aliphatic carbocycles. The number of ether oxygens (including phenoxy) is 1. The maximum atomic E-state index is 11.8. The molecule has 2 saturated heterocycles. The standard InChI is InChI=1S/C12H20N2O4/c1-13-9(5-12(16)17)6-14(8-11(13)15)7-10-3-2-4-18-10/h9-10H,2-8H2,1H3,(H,16,17). The van der Waals surface area contributed by atoms with Gasteiger partial charge in [-0.1, -0.05) is 0 Å². The fourth-order valence-corrected chi connectivity index (χ4v) is 2.61. The highest BCUT2D eigenvalue weighted by atomic mass is 16.5. The van der Waals surface area contributed by atoms with Gasteiger partial charge in [0.15, 0.2) is 0 Å². The molecule has 2 aliphatic rings. The number of likely N-dealkylation sites (N-methyl/N-ethyl adjacent to an activating group) is 1. The molecule has 2 heterocycles. The quantitative estimate of drug-likeness (QED) is 0.753. The van der Waals surface area contributed by atoms with Crippen LogP contribution in [0.25, 0.3) is 0 Å². The molecule has 2 rings (SSSR count). The van der Waals surface area contributed by atoms with Gasteiger partial charge in [0.25, 0.3) is 0 Å². The Bertz CT molecular complexity index is 328. The predicted molar refractivity (Wildman–Crippen MR) is 64.2 cm³/mol. The molecule has 6 nitrogen and oxygen atoms in total. The number of carbonyl (C=O) groups excluding carboxylic acids is 1. The van der Waals surface area contributed by atoms with Crippen molar-refractivity contribution in [3.05, 3.63) is 0 Å². The lowest BCUT2D eigenvalue weighted by Crippen LogP contribution is -2.56. The summed E-state index contributed by atoms with van der Waals surface area (Å²) in [4.78, 5) is 26.2. The highest BCUT2D eigenvalue weighted by Crippen LogP contribution is 2.17. The van der Waals surface area contributed by atoms with Crippen molar-refractivity contribution in [3.8, 4) is 0 Å². The van der Waals surface area contributed by atoms with E-state index >= 15 is 0 Å². The van der Waals surface area contributed by atoms with E-state index in [1.165, 1.54) is 0 Å². The van der Waals surface area contributed by atoms with E-state index in [1.54, 1.807) is 11.9 Å². The summed E-state index contributed by atoms with van der Waals surface area (Å²) in [6, 6.07) is -0.231. The van der Waals surface area contributed by atoms with Crippen molar-refractivity contribution < 1.29 is 19.4 Å². The highest BCUT2D eigenvalue weighted by Gasteiger charge is 2.32. The smallest absolute Gasteiger partial charge is 0.305 e. The van der Waals surface area contributed by atoms with Crippen molar-refractivity contribution in [2.45, 2.75) is 31.4 Å². The van der Waals surface area contributed by atoms with Gasteiger partial charge in [-0.2, -0.15) is 0 Å². The zero-order chi connectivity index (χ0) is 13.1. The van der Waals surface area contributed by atoms with E-state index in [9.17, 15) is 9.59 Å². The van der Waals surface area contributed by atoms with Gasteiger partial charge in [-0.3, -0.25) is 14.5 Å². The van der Waals surface area contributed by atoms with Crippen LogP contribution in [0, 0.1) is 0 Å². The van der Waals surface area contributed by atoms with Crippen molar-refractivity contribution in [1.29, 1.82) is 0 Å². The Hall–Kier alpha value is -1.14. The van der Waals surface area contributed by atoms with Crippen molar-refractivity contribution in [1.82, 2.24) is 9.80 Å². The van der Waals surface area contributed by atoms with Gasteiger partial charge in [-0.15, -0.1) is 0 Å². The lowest BCUT2D eigenvalue weighted by atomic mass is 10.1. The number of carbonyl (C=O) groups is 2. The molecule has 0 saturated carbocycles. The molecule has 1 amide bonds. The molecular weight excluding hydrogens is 236 g/mol. The zero-order valence-electron chi connectivity index (χ0n) is 10.7. The summed E-state index contributed by atoms with van der Waals surface area (Å²) in [7, 11) is 1.68. The molecule has 2 aliphatic heterocycles. The minimum atomic E-state index is -0.862. The number of piperazine rings is 1. The average Bonchev–Trinajstić information content (AvgIpc) is 2.77. The minimum Gasteiger partial charge on any atom is -0.481 e. The van der Waals surface area contributed by atoms with Crippen LogP contribution in [-0.4, -0.2) is 72.2 Å². The van der Waals surface area contributed by atoms with Crippen LogP contribution < -0.4 is 0 Å². The first-order valence-electron chi connectivity index (χ1n) is 6.37. The van der Waals surface area contributed by atoms with Gasteiger partial charge in [0.05, 0.1) is 25.1 Å². The Balaban J connectivity index is 1.91. The Morgan fingerprint density at radius 3 is 2.94 bits per heavy atom. The largest absolute Gasteiger partial charge is 0.481 e. The van der Waals surface area contributed by atoms with Crippen LogP contribution in [0.1, 0.15) is 19.3 Å². The second kappa shape index (κ2) is 5.67. The van der Waals surface area contributed by atoms with Gasteiger partial charge in [0.2, 0.25) is 5.91 Å². The van der Waals surface area contributed by atoms with Gasteiger partial charge < -0.3 is 14.7 Å². The highest BCUT2D eigenvalue weighted by molar-refractivity contribution is 5.80. The molecule has 2 atom stereocenters. The monoisotopic (exact) mass is 256 g/mol. The van der Waals surface area contributed by atoms with Crippen molar-refractivity contribution in [3.63, 3.8) is 0 Å². The number of hydrogen-bond donors (Lipinski definition) is 1. The van der Waals surface area contributed by atoms with E-state index in [0.29, 0.717) is 13.1 Å². The Morgan fingerprint density at radius 2 is 2.33 bits per heavy atom. The summed E-state index contributed by atoms with van der Waals surface area (Å²) in [5, 5.41) is 8.86. The molecule has 18 heavy (non-hydrogen) atoms. The molecule has 0 bridgehead atoms. The summed E-state index contributed by atoms with van der Waals surface area (Å²) in [6.07, 6.45) is 2.31. The first kappa shape index (κ1) is 13.3. The molecule has 0 aromatic carbocycles. The van der Waals surface area contributed by atoms with E-state index < -0.39 is 5.97 Å². The van der Waals surface area contributed by atoms with Gasteiger partial charge in [0, 0.05) is 26.7 Å². The van der Waals surface area contributed by atoms with E-state index in [0.717, 1.165) is 26.0 Å². The number of amides is 1. The number of aliphatic carboxylic acids is 1. The van der Waals surface area contributed by atoms with Crippen LogP contribution in [0.15, 0.2) is 0 Å². The van der Waals surface area contributed by atoms with Crippen LogP contribution >= 0.6 is 0 Å². The van der Waals surface area contributed by atoms with Crippen molar-refractivity contribution >= 4 is 11.9 Å². The van der Waals surface area contributed by atoms with E-state index in [1.807, 2.05) is 4.90 Å². The van der Waals surface area contributed by atoms with Gasteiger partial charge in [-0.25, -0.2) is 0 Å². The third-order valence-corrected chi connectivity index (χ3v) is 3.66. The van der Waals surface area contributed by atoms with Crippen LogP contribution in [0.3, 0.4) is 0 Å². The number of carboxylic acid groups (broad SMARTS) is 1. The lowest BCUT2D eigenvalue weighted by molar-refractivity contribution is -0.144. The van der Waals surface area contributed by atoms with Crippen molar-refractivity contribution in [2.75, 3.05) is 33.3 Å². The Kier molecular flexibility index (Phi) is 4.19. The third kappa shape index (κ3) is 3.20. The van der Waals surface area contributed by atoms with Gasteiger partial charge >= 0.3 is 5.97 Å². The second-order valence-corrected chi connectivity index (χ2v) is 5.09. The summed E-state index contributed by atoms with van der Waals surface area (Å²) >= 11 is 0.